The number of hydrogen-bond acceptors (Lipinski definition) is 3. The van der Waals surface area contributed by atoms with Crippen molar-refractivity contribution in [3.05, 3.63) is 64.4 Å². The van der Waals surface area contributed by atoms with Crippen molar-refractivity contribution in [2.24, 2.45) is 0 Å². The van der Waals surface area contributed by atoms with Gasteiger partial charge in [-0.15, -0.1) is 0 Å². The molecule has 1 fully saturated rings. The summed E-state index contributed by atoms with van der Waals surface area (Å²) in [6, 6.07) is 6.86. The number of nitrogens with zero attached hydrogens (tertiary/aromatic N) is 1. The van der Waals surface area contributed by atoms with Crippen molar-refractivity contribution in [2.75, 3.05) is 11.9 Å². The van der Waals surface area contributed by atoms with Crippen LogP contribution in [0.3, 0.4) is 0 Å². The minimum atomic E-state index is -4.78. The molecule has 30 heavy (non-hydrogen) atoms. The molecule has 1 unspecified atom stereocenters. The molecule has 0 aliphatic carbocycles. The number of imide groups is 1. The second-order valence-corrected chi connectivity index (χ2v) is 7.07. The van der Waals surface area contributed by atoms with Crippen LogP contribution in [0.25, 0.3) is 0 Å². The number of rotatable bonds is 4. The second kappa shape index (κ2) is 7.60. The topological polar surface area (TPSA) is 78.5 Å². The smallest absolute Gasteiger partial charge is 0.323 e. The van der Waals surface area contributed by atoms with Gasteiger partial charge in [0.1, 0.15) is 17.9 Å². The summed E-state index contributed by atoms with van der Waals surface area (Å²) >= 11 is 5.79. The van der Waals surface area contributed by atoms with Gasteiger partial charge in [0.2, 0.25) is 5.91 Å². The Balaban J connectivity index is 1.81. The van der Waals surface area contributed by atoms with Gasteiger partial charge in [-0.25, -0.2) is 9.18 Å². The predicted octanol–water partition coefficient (Wildman–Crippen LogP) is 3.90. The number of anilines is 1. The zero-order valence-corrected chi connectivity index (χ0v) is 16.1. The van der Waals surface area contributed by atoms with Crippen LogP contribution < -0.4 is 10.6 Å². The van der Waals surface area contributed by atoms with Gasteiger partial charge in [0.25, 0.3) is 5.91 Å². The number of amides is 4. The zero-order chi connectivity index (χ0) is 22.3. The summed E-state index contributed by atoms with van der Waals surface area (Å²) in [5.74, 6) is -2.42. The molecule has 158 valence electrons. The summed E-state index contributed by atoms with van der Waals surface area (Å²) in [5.41, 5.74) is -3.13. The first kappa shape index (κ1) is 21.6. The maximum Gasteiger partial charge on any atom is 0.418 e. The highest BCUT2D eigenvalue weighted by molar-refractivity contribution is 6.34. The molecular weight excluding hydrogens is 430 g/mol. The summed E-state index contributed by atoms with van der Waals surface area (Å²) in [7, 11) is 0. The number of urea groups is 1. The molecule has 2 N–H and O–H groups in total. The average molecular weight is 444 g/mol. The highest BCUT2D eigenvalue weighted by Crippen LogP contribution is 2.38. The standard InChI is InChI=1S/C19H14ClF4N3O3/c1-18(10-5-7-11(21)8-6-10)16(29)27(17(30)26-18)9-14(28)25-15-12(19(22,23)24)3-2-4-13(15)20/h2-8H,9H2,1H3,(H,25,28)(H,26,30). The Kier molecular flexibility index (Phi) is 5.46. The minimum Gasteiger partial charge on any atom is -0.323 e. The monoisotopic (exact) mass is 443 g/mol. The maximum absolute atomic E-state index is 13.2. The number of carbonyl (C=O) groups excluding carboxylic acids is 3. The van der Waals surface area contributed by atoms with Gasteiger partial charge in [-0.05, 0) is 36.8 Å². The molecule has 1 heterocycles. The minimum absolute atomic E-state index is 0.274. The van der Waals surface area contributed by atoms with E-state index >= 15 is 0 Å². The van der Waals surface area contributed by atoms with Gasteiger partial charge in [-0.2, -0.15) is 13.2 Å². The first-order valence-corrected chi connectivity index (χ1v) is 8.87. The van der Waals surface area contributed by atoms with E-state index < -0.39 is 53.2 Å². The maximum atomic E-state index is 13.2. The fourth-order valence-electron chi connectivity index (χ4n) is 3.03. The van der Waals surface area contributed by atoms with Crippen LogP contribution in [-0.4, -0.2) is 29.3 Å². The Bertz CT molecular complexity index is 1030. The Morgan fingerprint density at radius 1 is 1.17 bits per heavy atom. The molecule has 6 nitrogen and oxygen atoms in total. The van der Waals surface area contributed by atoms with E-state index in [0.29, 0.717) is 4.90 Å². The molecule has 11 heteroatoms. The van der Waals surface area contributed by atoms with Gasteiger partial charge >= 0.3 is 12.2 Å². The average Bonchev–Trinajstić information content (AvgIpc) is 2.87. The van der Waals surface area contributed by atoms with Gasteiger partial charge in [-0.3, -0.25) is 14.5 Å². The van der Waals surface area contributed by atoms with Gasteiger partial charge in [0, 0.05) is 0 Å². The third kappa shape index (κ3) is 3.95. The number of hydrogen-bond donors (Lipinski definition) is 2. The van der Waals surface area contributed by atoms with Gasteiger partial charge < -0.3 is 10.6 Å². The van der Waals surface area contributed by atoms with E-state index in [2.05, 4.69) is 5.32 Å². The van der Waals surface area contributed by atoms with Crippen LogP contribution in [0, 0.1) is 5.82 Å². The molecule has 2 aromatic rings. The molecule has 1 saturated heterocycles. The molecule has 0 spiro atoms. The van der Waals surface area contributed by atoms with Crippen molar-refractivity contribution >= 4 is 35.1 Å². The summed E-state index contributed by atoms with van der Waals surface area (Å²) in [6.07, 6.45) is -4.78. The van der Waals surface area contributed by atoms with E-state index in [9.17, 15) is 31.9 Å². The first-order valence-electron chi connectivity index (χ1n) is 8.49. The van der Waals surface area contributed by atoms with E-state index in [4.69, 9.17) is 11.6 Å². The second-order valence-electron chi connectivity index (χ2n) is 6.66. The molecule has 0 bridgehead atoms. The van der Waals surface area contributed by atoms with Crippen LogP contribution in [0.2, 0.25) is 5.02 Å². The van der Waals surface area contributed by atoms with Crippen LogP contribution in [0.4, 0.5) is 28.0 Å². The van der Waals surface area contributed by atoms with Gasteiger partial charge in [-0.1, -0.05) is 29.8 Å². The normalized spacial score (nSPS) is 19.1. The molecule has 4 amide bonds. The van der Waals surface area contributed by atoms with Crippen molar-refractivity contribution in [2.45, 2.75) is 18.6 Å². The quantitative estimate of drug-likeness (QED) is 0.555. The summed E-state index contributed by atoms with van der Waals surface area (Å²) < 4.78 is 52.6. The van der Waals surface area contributed by atoms with Crippen LogP contribution in [0.5, 0.6) is 0 Å². The van der Waals surface area contributed by atoms with Crippen LogP contribution in [0.1, 0.15) is 18.1 Å². The van der Waals surface area contributed by atoms with E-state index in [0.717, 1.165) is 30.3 Å². The number of alkyl halides is 3. The fourth-order valence-corrected chi connectivity index (χ4v) is 3.25. The van der Waals surface area contributed by atoms with E-state index in [1.54, 1.807) is 0 Å². The van der Waals surface area contributed by atoms with Crippen LogP contribution in [0.15, 0.2) is 42.5 Å². The first-order chi connectivity index (χ1) is 13.9. The zero-order valence-electron chi connectivity index (χ0n) is 15.3. The van der Waals surface area contributed by atoms with Crippen LogP contribution >= 0.6 is 11.6 Å². The number of halogens is 5. The molecule has 0 aromatic heterocycles. The number of nitrogens with one attached hydrogen (secondary N) is 2. The molecule has 1 aliphatic heterocycles. The van der Waals surface area contributed by atoms with E-state index in [1.165, 1.54) is 19.1 Å². The molecule has 0 radical (unpaired) electrons. The number of para-hydroxylation sites is 1. The Labute approximate surface area is 172 Å². The fraction of sp³-hybridized carbons (Fsp3) is 0.211. The molecule has 3 rings (SSSR count). The lowest BCUT2D eigenvalue weighted by Crippen LogP contribution is -2.42. The van der Waals surface area contributed by atoms with Crippen molar-refractivity contribution in [1.29, 1.82) is 0 Å². The van der Waals surface area contributed by atoms with Crippen molar-refractivity contribution in [1.82, 2.24) is 10.2 Å². The Hall–Kier alpha value is -3.14. The van der Waals surface area contributed by atoms with Crippen molar-refractivity contribution in [3.8, 4) is 0 Å². The summed E-state index contributed by atoms with van der Waals surface area (Å²) in [5, 5.41) is 4.07. The largest absolute Gasteiger partial charge is 0.418 e. The number of benzene rings is 2. The van der Waals surface area contributed by atoms with Crippen molar-refractivity contribution < 1.29 is 31.9 Å². The predicted molar refractivity (Wildman–Crippen MR) is 99.1 cm³/mol. The Morgan fingerprint density at radius 2 is 1.80 bits per heavy atom. The molecule has 1 atom stereocenters. The lowest BCUT2D eigenvalue weighted by Gasteiger charge is -2.22. The summed E-state index contributed by atoms with van der Waals surface area (Å²) in [4.78, 5) is 37.9. The molecule has 2 aromatic carbocycles. The third-order valence-corrected chi connectivity index (χ3v) is 4.90. The van der Waals surface area contributed by atoms with Crippen molar-refractivity contribution in [3.63, 3.8) is 0 Å². The number of carbonyl (C=O) groups is 3. The molecule has 1 aliphatic rings. The van der Waals surface area contributed by atoms with Gasteiger partial charge in [0.05, 0.1) is 16.3 Å². The third-order valence-electron chi connectivity index (χ3n) is 4.58. The lowest BCUT2D eigenvalue weighted by molar-refractivity contribution is -0.137. The molecule has 0 saturated carbocycles. The van der Waals surface area contributed by atoms with Crippen LogP contribution in [-0.2, 0) is 21.3 Å². The van der Waals surface area contributed by atoms with Gasteiger partial charge in [0.15, 0.2) is 0 Å². The lowest BCUT2D eigenvalue weighted by atomic mass is 9.92. The highest BCUT2D eigenvalue weighted by Gasteiger charge is 2.49. The molecular formula is C19H14ClF4N3O3. The highest BCUT2D eigenvalue weighted by atomic mass is 35.5. The van der Waals surface area contributed by atoms with E-state index in [-0.39, 0.29) is 10.6 Å². The Morgan fingerprint density at radius 3 is 2.40 bits per heavy atom. The summed E-state index contributed by atoms with van der Waals surface area (Å²) in [6.45, 7) is 0.526. The SMILES string of the molecule is CC1(c2ccc(F)cc2)NC(=O)N(CC(=O)Nc2c(Cl)cccc2C(F)(F)F)C1=O. The van der Waals surface area contributed by atoms with E-state index in [1.807, 2.05) is 5.32 Å².